The van der Waals surface area contributed by atoms with Gasteiger partial charge in [0, 0.05) is 26.2 Å². The maximum atomic E-state index is 4.62. The van der Waals surface area contributed by atoms with Gasteiger partial charge in [-0.05, 0) is 50.7 Å². The number of hydrogen-bond acceptors (Lipinski definition) is 2. The molecule has 6 heteroatoms. The third-order valence-electron chi connectivity index (χ3n) is 5.05. The smallest absolute Gasteiger partial charge is 0.191 e. The van der Waals surface area contributed by atoms with Crippen LogP contribution in [-0.2, 0) is 6.54 Å². The van der Waals surface area contributed by atoms with E-state index in [0.29, 0.717) is 6.04 Å². The van der Waals surface area contributed by atoms with Gasteiger partial charge in [-0.25, -0.2) is 4.98 Å². The van der Waals surface area contributed by atoms with Crippen molar-refractivity contribution in [2.45, 2.75) is 52.1 Å². The fraction of sp³-hybridized carbons (Fsp3) is 0.579. The Morgan fingerprint density at radius 1 is 1.24 bits per heavy atom. The molecule has 0 unspecified atom stereocenters. The molecule has 1 fully saturated rings. The second kappa shape index (κ2) is 9.40. The standard InChI is InChI=1S/C19H29N5.HI/c1-14-8-10-16(11-9-14)23-19(20-3)21-12-13-24-15(2)22-17-6-4-5-7-18(17)24;/h4-7,14,16H,8-13H2,1-3H3,(H2,20,21,23);1H. The van der Waals surface area contributed by atoms with E-state index in [0.717, 1.165) is 36.3 Å². The average Bonchev–Trinajstić information content (AvgIpc) is 2.91. The molecule has 1 aliphatic rings. The molecule has 25 heavy (non-hydrogen) atoms. The summed E-state index contributed by atoms with van der Waals surface area (Å²) in [5.41, 5.74) is 2.26. The largest absolute Gasteiger partial charge is 0.355 e. The van der Waals surface area contributed by atoms with E-state index >= 15 is 0 Å². The van der Waals surface area contributed by atoms with E-state index in [4.69, 9.17) is 0 Å². The third kappa shape index (κ3) is 5.09. The number of fused-ring (bicyclic) bond motifs is 1. The van der Waals surface area contributed by atoms with Crippen LogP contribution in [0.5, 0.6) is 0 Å². The minimum Gasteiger partial charge on any atom is -0.355 e. The van der Waals surface area contributed by atoms with Crippen molar-refractivity contribution in [3.8, 4) is 0 Å². The number of aliphatic imine (C=N–C) groups is 1. The molecule has 0 bridgehead atoms. The molecule has 1 aromatic heterocycles. The number of imidazole rings is 1. The van der Waals surface area contributed by atoms with Gasteiger partial charge in [-0.1, -0.05) is 19.1 Å². The Hall–Kier alpha value is -1.31. The highest BCUT2D eigenvalue weighted by molar-refractivity contribution is 14.0. The Kier molecular flexibility index (Phi) is 7.53. The molecule has 5 nitrogen and oxygen atoms in total. The number of benzene rings is 1. The van der Waals surface area contributed by atoms with Gasteiger partial charge in [0.05, 0.1) is 11.0 Å². The van der Waals surface area contributed by atoms with Crippen LogP contribution in [0.4, 0.5) is 0 Å². The Balaban J connectivity index is 0.00000225. The van der Waals surface area contributed by atoms with E-state index in [-0.39, 0.29) is 24.0 Å². The lowest BCUT2D eigenvalue weighted by atomic mass is 9.87. The van der Waals surface area contributed by atoms with Crippen LogP contribution in [0.15, 0.2) is 29.3 Å². The van der Waals surface area contributed by atoms with E-state index < -0.39 is 0 Å². The Labute approximate surface area is 167 Å². The first-order valence-electron chi connectivity index (χ1n) is 9.06. The number of para-hydroxylation sites is 2. The van der Waals surface area contributed by atoms with Gasteiger partial charge in [0.2, 0.25) is 0 Å². The predicted molar refractivity (Wildman–Crippen MR) is 116 cm³/mol. The van der Waals surface area contributed by atoms with E-state index in [1.807, 2.05) is 13.1 Å². The van der Waals surface area contributed by atoms with Crippen LogP contribution < -0.4 is 10.6 Å². The van der Waals surface area contributed by atoms with Gasteiger partial charge in [-0.15, -0.1) is 24.0 Å². The monoisotopic (exact) mass is 455 g/mol. The van der Waals surface area contributed by atoms with Crippen molar-refractivity contribution in [2.75, 3.05) is 13.6 Å². The molecule has 1 aromatic carbocycles. The van der Waals surface area contributed by atoms with Gasteiger partial charge in [0.1, 0.15) is 5.82 Å². The number of aryl methyl sites for hydroxylation is 1. The lowest BCUT2D eigenvalue weighted by Gasteiger charge is -2.28. The van der Waals surface area contributed by atoms with Crippen LogP contribution in [0.2, 0.25) is 0 Å². The summed E-state index contributed by atoms with van der Waals surface area (Å²) >= 11 is 0. The molecule has 0 amide bonds. The summed E-state index contributed by atoms with van der Waals surface area (Å²) < 4.78 is 2.26. The summed E-state index contributed by atoms with van der Waals surface area (Å²) in [5.74, 6) is 2.84. The minimum absolute atomic E-state index is 0. The van der Waals surface area contributed by atoms with Gasteiger partial charge in [-0.3, -0.25) is 4.99 Å². The van der Waals surface area contributed by atoms with Gasteiger partial charge < -0.3 is 15.2 Å². The first-order valence-corrected chi connectivity index (χ1v) is 9.06. The SMILES string of the molecule is CN=C(NCCn1c(C)nc2ccccc21)NC1CCC(C)CC1.I. The van der Waals surface area contributed by atoms with E-state index in [1.165, 1.54) is 31.2 Å². The van der Waals surface area contributed by atoms with Gasteiger partial charge >= 0.3 is 0 Å². The summed E-state index contributed by atoms with van der Waals surface area (Å²) in [7, 11) is 1.85. The normalized spacial score (nSPS) is 21.0. The second-order valence-electron chi connectivity index (χ2n) is 6.90. The predicted octanol–water partition coefficient (Wildman–Crippen LogP) is 3.71. The first kappa shape index (κ1) is 20.0. The lowest BCUT2D eigenvalue weighted by molar-refractivity contribution is 0.329. The van der Waals surface area contributed by atoms with E-state index in [2.05, 4.69) is 57.2 Å². The molecular formula is C19H30IN5. The quantitative estimate of drug-likeness (QED) is 0.420. The van der Waals surface area contributed by atoms with Crippen molar-refractivity contribution < 1.29 is 0 Å². The van der Waals surface area contributed by atoms with Crippen LogP contribution in [0.25, 0.3) is 11.0 Å². The van der Waals surface area contributed by atoms with Crippen molar-refractivity contribution in [2.24, 2.45) is 10.9 Å². The zero-order valence-corrected chi connectivity index (χ0v) is 17.8. The molecule has 0 aliphatic heterocycles. The maximum absolute atomic E-state index is 4.62. The van der Waals surface area contributed by atoms with Crippen molar-refractivity contribution in [1.29, 1.82) is 0 Å². The zero-order valence-electron chi connectivity index (χ0n) is 15.5. The molecule has 2 aromatic rings. The number of halogens is 1. The Bertz CT molecular complexity index is 701. The molecule has 138 valence electrons. The summed E-state index contributed by atoms with van der Waals surface area (Å²) in [4.78, 5) is 9.00. The van der Waals surface area contributed by atoms with E-state index in [1.54, 1.807) is 0 Å². The number of aromatic nitrogens is 2. The van der Waals surface area contributed by atoms with Crippen LogP contribution in [0.1, 0.15) is 38.4 Å². The highest BCUT2D eigenvalue weighted by atomic mass is 127. The number of hydrogen-bond donors (Lipinski definition) is 2. The molecule has 3 rings (SSSR count). The highest BCUT2D eigenvalue weighted by Crippen LogP contribution is 2.23. The van der Waals surface area contributed by atoms with Crippen molar-refractivity contribution in [3.05, 3.63) is 30.1 Å². The van der Waals surface area contributed by atoms with Crippen LogP contribution >= 0.6 is 24.0 Å². The molecule has 0 radical (unpaired) electrons. The fourth-order valence-corrected chi connectivity index (χ4v) is 3.56. The molecule has 0 spiro atoms. The minimum atomic E-state index is 0. The molecule has 1 heterocycles. The average molecular weight is 455 g/mol. The van der Waals surface area contributed by atoms with Crippen LogP contribution in [0.3, 0.4) is 0 Å². The summed E-state index contributed by atoms with van der Waals surface area (Å²) in [6.45, 7) is 6.13. The number of rotatable bonds is 4. The molecule has 1 saturated carbocycles. The van der Waals surface area contributed by atoms with E-state index in [9.17, 15) is 0 Å². The number of guanidine groups is 1. The fourth-order valence-electron chi connectivity index (χ4n) is 3.56. The number of nitrogens with one attached hydrogen (secondary N) is 2. The first-order chi connectivity index (χ1) is 11.7. The molecule has 0 atom stereocenters. The summed E-state index contributed by atoms with van der Waals surface area (Å²) in [6.07, 6.45) is 5.12. The van der Waals surface area contributed by atoms with Gasteiger partial charge in [-0.2, -0.15) is 0 Å². The van der Waals surface area contributed by atoms with Crippen LogP contribution in [0, 0.1) is 12.8 Å². The van der Waals surface area contributed by atoms with Crippen molar-refractivity contribution in [1.82, 2.24) is 20.2 Å². The van der Waals surface area contributed by atoms with Gasteiger partial charge in [0.15, 0.2) is 5.96 Å². The zero-order chi connectivity index (χ0) is 16.9. The lowest BCUT2D eigenvalue weighted by Crippen LogP contribution is -2.45. The topological polar surface area (TPSA) is 54.2 Å². The highest BCUT2D eigenvalue weighted by Gasteiger charge is 2.18. The molecule has 2 N–H and O–H groups in total. The third-order valence-corrected chi connectivity index (χ3v) is 5.05. The Morgan fingerprint density at radius 3 is 2.68 bits per heavy atom. The Morgan fingerprint density at radius 2 is 1.96 bits per heavy atom. The second-order valence-corrected chi connectivity index (χ2v) is 6.90. The van der Waals surface area contributed by atoms with Crippen molar-refractivity contribution >= 4 is 41.0 Å². The molecule has 1 aliphatic carbocycles. The molecule has 0 saturated heterocycles. The maximum Gasteiger partial charge on any atom is 0.191 e. The molecular weight excluding hydrogens is 425 g/mol. The summed E-state index contributed by atoms with van der Waals surface area (Å²) in [6, 6.07) is 8.86. The van der Waals surface area contributed by atoms with Crippen molar-refractivity contribution in [3.63, 3.8) is 0 Å². The summed E-state index contributed by atoms with van der Waals surface area (Å²) in [5, 5.41) is 7.02. The van der Waals surface area contributed by atoms with Gasteiger partial charge in [0.25, 0.3) is 0 Å². The number of nitrogens with zero attached hydrogens (tertiary/aromatic N) is 3. The van der Waals surface area contributed by atoms with Crippen LogP contribution in [-0.4, -0.2) is 35.1 Å².